The van der Waals surface area contributed by atoms with E-state index in [1.54, 1.807) is 7.05 Å². The van der Waals surface area contributed by atoms with Crippen molar-refractivity contribution in [1.82, 2.24) is 10.2 Å². The molecule has 0 aromatic rings. The van der Waals surface area contributed by atoms with E-state index >= 15 is 0 Å². The van der Waals surface area contributed by atoms with E-state index in [0.29, 0.717) is 5.92 Å². The lowest BCUT2D eigenvalue weighted by Gasteiger charge is -2.36. The van der Waals surface area contributed by atoms with Crippen molar-refractivity contribution in [2.24, 2.45) is 5.92 Å². The second kappa shape index (κ2) is 5.16. The van der Waals surface area contributed by atoms with Crippen molar-refractivity contribution in [1.29, 1.82) is 0 Å². The molecule has 1 aliphatic rings. The molecule has 0 saturated carbocycles. The summed E-state index contributed by atoms with van der Waals surface area (Å²) in [6.07, 6.45) is -3.81. The van der Waals surface area contributed by atoms with Crippen LogP contribution in [-0.2, 0) is 0 Å². The van der Waals surface area contributed by atoms with Crippen molar-refractivity contribution in [3.63, 3.8) is 0 Å². The molecule has 0 radical (unpaired) electrons. The van der Waals surface area contributed by atoms with Gasteiger partial charge in [0, 0.05) is 12.6 Å². The highest BCUT2D eigenvalue weighted by Crippen LogP contribution is 2.22. The third kappa shape index (κ3) is 4.38. The molecule has 2 atom stereocenters. The largest absolute Gasteiger partial charge is 0.390 e. The third-order valence-electron chi connectivity index (χ3n) is 3.05. The Hall–Kier alpha value is -0.290. The van der Waals surface area contributed by atoms with Gasteiger partial charge in [-0.2, -0.15) is 13.2 Å². The van der Waals surface area contributed by atoms with Gasteiger partial charge in [-0.3, -0.25) is 0 Å². The topological polar surface area (TPSA) is 15.3 Å². The Balaban J connectivity index is 2.35. The number of nitrogens with zero attached hydrogens (tertiary/aromatic N) is 1. The summed E-state index contributed by atoms with van der Waals surface area (Å²) < 4.78 is 36.1. The summed E-state index contributed by atoms with van der Waals surface area (Å²) in [5.74, 6) is 0.428. The molecule has 0 aliphatic carbocycles. The molecule has 90 valence electrons. The summed E-state index contributed by atoms with van der Waals surface area (Å²) in [6.45, 7) is 4.01. The fraction of sp³-hybridized carbons (Fsp3) is 1.00. The van der Waals surface area contributed by atoms with Gasteiger partial charge in [0.25, 0.3) is 0 Å². The minimum atomic E-state index is -4.04. The molecule has 0 amide bonds. The summed E-state index contributed by atoms with van der Waals surface area (Å²) in [4.78, 5) is 1.85. The third-order valence-corrected chi connectivity index (χ3v) is 3.05. The van der Waals surface area contributed by atoms with Gasteiger partial charge in [-0.15, -0.1) is 0 Å². The Kier molecular flexibility index (Phi) is 4.40. The smallest absolute Gasteiger partial charge is 0.316 e. The Labute approximate surface area is 88.8 Å². The van der Waals surface area contributed by atoms with Crippen LogP contribution < -0.4 is 5.32 Å². The van der Waals surface area contributed by atoms with Gasteiger partial charge in [0.05, 0.1) is 6.42 Å². The van der Waals surface area contributed by atoms with E-state index in [1.807, 2.05) is 4.90 Å². The minimum absolute atomic E-state index is 0.110. The first-order valence-corrected chi connectivity index (χ1v) is 5.38. The summed E-state index contributed by atoms with van der Waals surface area (Å²) in [7, 11) is 1.79. The van der Waals surface area contributed by atoms with Crippen molar-refractivity contribution in [2.75, 3.05) is 26.7 Å². The summed E-state index contributed by atoms with van der Waals surface area (Å²) in [6, 6.07) is 0.286. The van der Waals surface area contributed by atoms with Gasteiger partial charge in [0.2, 0.25) is 0 Å². The van der Waals surface area contributed by atoms with Crippen molar-refractivity contribution in [3.05, 3.63) is 0 Å². The molecular weight excluding hydrogens is 205 g/mol. The van der Waals surface area contributed by atoms with Crippen LogP contribution in [0.2, 0.25) is 0 Å². The Morgan fingerprint density at radius 2 is 2.07 bits per heavy atom. The number of hydrogen-bond donors (Lipinski definition) is 1. The van der Waals surface area contributed by atoms with Crippen LogP contribution in [0.15, 0.2) is 0 Å². The lowest BCUT2D eigenvalue weighted by molar-refractivity contribution is -0.139. The van der Waals surface area contributed by atoms with E-state index in [4.69, 9.17) is 0 Å². The molecule has 1 N–H and O–H groups in total. The van der Waals surface area contributed by atoms with Crippen LogP contribution in [0.25, 0.3) is 0 Å². The summed E-state index contributed by atoms with van der Waals surface area (Å²) >= 11 is 0. The Bertz CT molecular complexity index is 194. The van der Waals surface area contributed by atoms with Crippen LogP contribution in [-0.4, -0.2) is 43.8 Å². The van der Waals surface area contributed by atoms with E-state index in [-0.39, 0.29) is 12.6 Å². The van der Waals surface area contributed by atoms with E-state index in [2.05, 4.69) is 12.2 Å². The fourth-order valence-corrected chi connectivity index (χ4v) is 2.12. The van der Waals surface area contributed by atoms with Gasteiger partial charge in [-0.05, 0) is 32.5 Å². The molecule has 1 heterocycles. The van der Waals surface area contributed by atoms with Gasteiger partial charge >= 0.3 is 6.18 Å². The molecule has 0 spiro atoms. The number of nitrogens with one attached hydrogen (secondary N) is 1. The lowest BCUT2D eigenvalue weighted by Crippen LogP contribution is -2.47. The lowest BCUT2D eigenvalue weighted by atomic mass is 9.94. The molecule has 2 unspecified atom stereocenters. The number of hydrogen-bond acceptors (Lipinski definition) is 2. The van der Waals surface area contributed by atoms with Crippen molar-refractivity contribution in [2.45, 2.75) is 32.0 Å². The molecule has 15 heavy (non-hydrogen) atoms. The average Bonchev–Trinajstić information content (AvgIpc) is 2.14. The molecule has 1 fully saturated rings. The van der Waals surface area contributed by atoms with Gasteiger partial charge < -0.3 is 10.2 Å². The van der Waals surface area contributed by atoms with Crippen LogP contribution >= 0.6 is 0 Å². The maximum Gasteiger partial charge on any atom is 0.390 e. The second-order valence-corrected chi connectivity index (χ2v) is 4.38. The average molecular weight is 224 g/mol. The highest BCUT2D eigenvalue weighted by atomic mass is 19.4. The molecule has 1 rings (SSSR count). The predicted octanol–water partition coefficient (Wildman–Crippen LogP) is 1.87. The molecule has 0 aromatic carbocycles. The molecule has 1 saturated heterocycles. The minimum Gasteiger partial charge on any atom is -0.316 e. The predicted molar refractivity (Wildman–Crippen MR) is 53.7 cm³/mol. The highest BCUT2D eigenvalue weighted by molar-refractivity contribution is 4.81. The molecule has 1 aliphatic heterocycles. The first kappa shape index (κ1) is 12.8. The van der Waals surface area contributed by atoms with Crippen LogP contribution in [0, 0.1) is 5.92 Å². The normalized spacial score (nSPS) is 28.4. The van der Waals surface area contributed by atoms with E-state index < -0.39 is 12.6 Å². The fourth-order valence-electron chi connectivity index (χ4n) is 2.12. The Morgan fingerprint density at radius 1 is 1.40 bits per heavy atom. The second-order valence-electron chi connectivity index (χ2n) is 4.38. The maximum absolute atomic E-state index is 12.0. The first-order valence-electron chi connectivity index (χ1n) is 5.38. The highest BCUT2D eigenvalue weighted by Gasteiger charge is 2.30. The first-order chi connectivity index (χ1) is 6.90. The van der Waals surface area contributed by atoms with E-state index in [0.717, 1.165) is 19.5 Å². The Morgan fingerprint density at radius 3 is 2.60 bits per heavy atom. The van der Waals surface area contributed by atoms with Gasteiger partial charge in [-0.25, -0.2) is 0 Å². The van der Waals surface area contributed by atoms with Crippen molar-refractivity contribution < 1.29 is 13.2 Å². The van der Waals surface area contributed by atoms with E-state index in [1.165, 1.54) is 0 Å². The molecule has 0 bridgehead atoms. The number of halogens is 3. The standard InChI is InChI=1S/C10H19F3N2/c1-8-7-14-5-3-9(8)15(2)6-4-10(11,12)13/h8-9,14H,3-7H2,1-2H3. The molecule has 5 heteroatoms. The quantitative estimate of drug-likeness (QED) is 0.787. The van der Waals surface area contributed by atoms with E-state index in [9.17, 15) is 13.2 Å². The van der Waals surface area contributed by atoms with Crippen LogP contribution in [0.3, 0.4) is 0 Å². The van der Waals surface area contributed by atoms with Gasteiger partial charge in [0.1, 0.15) is 0 Å². The van der Waals surface area contributed by atoms with Gasteiger partial charge in [0.15, 0.2) is 0 Å². The number of alkyl halides is 3. The van der Waals surface area contributed by atoms with Crippen LogP contribution in [0.4, 0.5) is 13.2 Å². The zero-order chi connectivity index (χ0) is 11.5. The number of piperidine rings is 1. The van der Waals surface area contributed by atoms with Crippen LogP contribution in [0.5, 0.6) is 0 Å². The molecular formula is C10H19F3N2. The molecule has 2 nitrogen and oxygen atoms in total. The zero-order valence-electron chi connectivity index (χ0n) is 9.27. The van der Waals surface area contributed by atoms with Crippen molar-refractivity contribution >= 4 is 0 Å². The summed E-state index contributed by atoms with van der Waals surface area (Å²) in [5, 5.41) is 3.24. The SMILES string of the molecule is CC1CNCCC1N(C)CCC(F)(F)F. The van der Waals surface area contributed by atoms with Crippen LogP contribution in [0.1, 0.15) is 19.8 Å². The summed E-state index contributed by atoms with van der Waals surface area (Å²) in [5.41, 5.74) is 0. The molecule has 0 aromatic heterocycles. The monoisotopic (exact) mass is 224 g/mol. The van der Waals surface area contributed by atoms with Gasteiger partial charge in [-0.1, -0.05) is 6.92 Å². The zero-order valence-corrected chi connectivity index (χ0v) is 9.27. The number of rotatable bonds is 3. The maximum atomic E-state index is 12.0. The van der Waals surface area contributed by atoms with Crippen molar-refractivity contribution in [3.8, 4) is 0 Å².